The maximum atomic E-state index is 5.69. The molecule has 0 aliphatic heterocycles. The van der Waals surface area contributed by atoms with Crippen molar-refractivity contribution in [2.24, 2.45) is 4.99 Å². The molecule has 0 spiro atoms. The summed E-state index contributed by atoms with van der Waals surface area (Å²) in [6, 6.07) is 7.80. The molecule has 0 saturated heterocycles. The predicted octanol–water partition coefficient (Wildman–Crippen LogP) is 2.82. The SMILES string of the molecule is COCCOCCCN=C(NCCc1nc(C)no1)Nc1ccc(OC(C)C)cc1. The number of benzene rings is 1. The lowest BCUT2D eigenvalue weighted by molar-refractivity contribution is 0.0702. The van der Waals surface area contributed by atoms with Gasteiger partial charge in [0.2, 0.25) is 5.89 Å². The Morgan fingerprint density at radius 1 is 1.17 bits per heavy atom. The van der Waals surface area contributed by atoms with E-state index in [-0.39, 0.29) is 6.10 Å². The summed E-state index contributed by atoms with van der Waals surface area (Å²) in [4.78, 5) is 8.85. The van der Waals surface area contributed by atoms with E-state index in [9.17, 15) is 0 Å². The molecular weight excluding hydrogens is 386 g/mol. The van der Waals surface area contributed by atoms with Crippen LogP contribution >= 0.6 is 0 Å². The summed E-state index contributed by atoms with van der Waals surface area (Å²) in [6.45, 7) is 8.90. The van der Waals surface area contributed by atoms with Crippen LogP contribution < -0.4 is 15.4 Å². The van der Waals surface area contributed by atoms with E-state index < -0.39 is 0 Å². The number of methoxy groups -OCH3 is 1. The van der Waals surface area contributed by atoms with Gasteiger partial charge in [0.05, 0.1) is 19.3 Å². The fourth-order valence-electron chi connectivity index (χ4n) is 2.50. The number of rotatable bonds is 13. The number of anilines is 1. The lowest BCUT2D eigenvalue weighted by Crippen LogP contribution is -2.32. The summed E-state index contributed by atoms with van der Waals surface area (Å²) < 4.78 is 21.3. The van der Waals surface area contributed by atoms with Gasteiger partial charge in [0.25, 0.3) is 0 Å². The molecular formula is C21H33N5O4. The van der Waals surface area contributed by atoms with E-state index in [2.05, 4.69) is 25.8 Å². The molecule has 0 radical (unpaired) electrons. The van der Waals surface area contributed by atoms with E-state index in [1.165, 1.54) is 0 Å². The van der Waals surface area contributed by atoms with E-state index in [1.54, 1.807) is 14.0 Å². The topological polar surface area (TPSA) is 103 Å². The van der Waals surface area contributed by atoms with Crippen LogP contribution in [0.1, 0.15) is 32.0 Å². The van der Waals surface area contributed by atoms with Gasteiger partial charge in [0, 0.05) is 38.9 Å². The lowest BCUT2D eigenvalue weighted by Gasteiger charge is -2.14. The van der Waals surface area contributed by atoms with Gasteiger partial charge in [-0.1, -0.05) is 5.16 Å². The summed E-state index contributed by atoms with van der Waals surface area (Å²) in [5, 5.41) is 10.4. The number of guanidine groups is 1. The minimum Gasteiger partial charge on any atom is -0.491 e. The van der Waals surface area contributed by atoms with Crippen LogP contribution in [0.25, 0.3) is 0 Å². The second-order valence-corrected chi connectivity index (χ2v) is 6.92. The van der Waals surface area contributed by atoms with Gasteiger partial charge in [-0.05, 0) is 51.5 Å². The first-order valence-corrected chi connectivity index (χ1v) is 10.2. The van der Waals surface area contributed by atoms with Crippen LogP contribution in [0, 0.1) is 6.92 Å². The van der Waals surface area contributed by atoms with Gasteiger partial charge in [-0.2, -0.15) is 4.98 Å². The summed E-state index contributed by atoms with van der Waals surface area (Å²) in [7, 11) is 1.66. The molecule has 1 aromatic carbocycles. The highest BCUT2D eigenvalue weighted by molar-refractivity contribution is 5.93. The molecule has 1 heterocycles. The van der Waals surface area contributed by atoms with Crippen molar-refractivity contribution in [3.05, 3.63) is 36.0 Å². The molecule has 30 heavy (non-hydrogen) atoms. The lowest BCUT2D eigenvalue weighted by atomic mass is 10.3. The largest absolute Gasteiger partial charge is 0.491 e. The third-order valence-electron chi connectivity index (χ3n) is 3.84. The van der Waals surface area contributed by atoms with Crippen LogP contribution in [0.3, 0.4) is 0 Å². The first-order chi connectivity index (χ1) is 14.6. The molecule has 2 N–H and O–H groups in total. The Morgan fingerprint density at radius 3 is 2.63 bits per heavy atom. The third-order valence-corrected chi connectivity index (χ3v) is 3.84. The highest BCUT2D eigenvalue weighted by atomic mass is 16.5. The van der Waals surface area contributed by atoms with E-state index in [0.717, 1.165) is 17.9 Å². The first kappa shape index (κ1) is 23.6. The number of hydrogen-bond acceptors (Lipinski definition) is 7. The van der Waals surface area contributed by atoms with E-state index >= 15 is 0 Å². The Bertz CT molecular complexity index is 746. The van der Waals surface area contributed by atoms with E-state index in [0.29, 0.717) is 57.0 Å². The van der Waals surface area contributed by atoms with Gasteiger partial charge in [-0.15, -0.1) is 0 Å². The number of nitrogens with zero attached hydrogens (tertiary/aromatic N) is 3. The Hall–Kier alpha value is -2.65. The zero-order chi connectivity index (χ0) is 21.6. The standard InChI is InChI=1S/C21H33N5O4/c1-16(2)29-19-8-6-18(7-9-19)25-21(22-11-5-13-28-15-14-27-4)23-12-10-20-24-17(3)26-30-20/h6-9,16H,5,10-15H2,1-4H3,(H2,22,23,25). The minimum atomic E-state index is 0.141. The molecule has 1 aromatic heterocycles. The van der Waals surface area contributed by atoms with Gasteiger partial charge in [-0.3, -0.25) is 4.99 Å². The zero-order valence-electron chi connectivity index (χ0n) is 18.3. The monoisotopic (exact) mass is 419 g/mol. The van der Waals surface area contributed by atoms with Gasteiger partial charge in [0.1, 0.15) is 5.75 Å². The molecule has 0 aliphatic carbocycles. The van der Waals surface area contributed by atoms with Gasteiger partial charge < -0.3 is 29.4 Å². The fourth-order valence-corrected chi connectivity index (χ4v) is 2.50. The smallest absolute Gasteiger partial charge is 0.228 e. The highest BCUT2D eigenvalue weighted by Gasteiger charge is 2.05. The predicted molar refractivity (Wildman–Crippen MR) is 116 cm³/mol. The van der Waals surface area contributed by atoms with Crippen LogP contribution in [0.4, 0.5) is 5.69 Å². The molecule has 9 nitrogen and oxygen atoms in total. The summed E-state index contributed by atoms with van der Waals surface area (Å²) in [5.41, 5.74) is 0.919. The second kappa shape index (κ2) is 13.6. The Balaban J connectivity index is 1.87. The molecule has 0 saturated carbocycles. The number of aromatic nitrogens is 2. The van der Waals surface area contributed by atoms with Gasteiger partial charge >= 0.3 is 0 Å². The number of nitrogens with one attached hydrogen (secondary N) is 2. The molecule has 0 aliphatic rings. The van der Waals surface area contributed by atoms with Crippen molar-refractivity contribution >= 4 is 11.6 Å². The van der Waals surface area contributed by atoms with Crippen molar-refractivity contribution in [3.63, 3.8) is 0 Å². The van der Waals surface area contributed by atoms with Crippen LogP contribution in [0.15, 0.2) is 33.8 Å². The summed E-state index contributed by atoms with van der Waals surface area (Å²) >= 11 is 0. The molecule has 0 bridgehead atoms. The maximum Gasteiger partial charge on any atom is 0.228 e. The number of aliphatic imine (C=N–C) groups is 1. The molecule has 2 rings (SSSR count). The maximum absolute atomic E-state index is 5.69. The minimum absolute atomic E-state index is 0.141. The normalized spacial score (nSPS) is 11.7. The van der Waals surface area contributed by atoms with Crippen LogP contribution in [-0.4, -0.2) is 62.2 Å². The van der Waals surface area contributed by atoms with Crippen molar-refractivity contribution in [1.82, 2.24) is 15.5 Å². The average Bonchev–Trinajstić information content (AvgIpc) is 3.13. The number of hydrogen-bond donors (Lipinski definition) is 2. The second-order valence-electron chi connectivity index (χ2n) is 6.92. The average molecular weight is 420 g/mol. The van der Waals surface area contributed by atoms with E-state index in [1.807, 2.05) is 38.1 Å². The van der Waals surface area contributed by atoms with Crippen LogP contribution in [0.5, 0.6) is 5.75 Å². The van der Waals surface area contributed by atoms with Crippen molar-refractivity contribution in [1.29, 1.82) is 0 Å². The van der Waals surface area contributed by atoms with Crippen molar-refractivity contribution in [3.8, 4) is 5.75 Å². The van der Waals surface area contributed by atoms with Gasteiger partial charge in [-0.25, -0.2) is 0 Å². The van der Waals surface area contributed by atoms with Crippen molar-refractivity contribution < 1.29 is 18.7 Å². The number of aryl methyl sites for hydroxylation is 1. The van der Waals surface area contributed by atoms with Gasteiger partial charge in [0.15, 0.2) is 11.8 Å². The highest BCUT2D eigenvalue weighted by Crippen LogP contribution is 2.16. The van der Waals surface area contributed by atoms with Crippen LogP contribution in [-0.2, 0) is 15.9 Å². The van der Waals surface area contributed by atoms with Crippen molar-refractivity contribution in [2.45, 2.75) is 39.7 Å². The molecule has 0 fully saturated rings. The number of ether oxygens (including phenoxy) is 3. The van der Waals surface area contributed by atoms with Crippen LogP contribution in [0.2, 0.25) is 0 Å². The quantitative estimate of drug-likeness (QED) is 0.290. The molecule has 0 amide bonds. The summed E-state index contributed by atoms with van der Waals surface area (Å²) in [6.07, 6.45) is 1.57. The molecule has 166 valence electrons. The molecule has 0 unspecified atom stereocenters. The Morgan fingerprint density at radius 2 is 1.97 bits per heavy atom. The molecule has 0 atom stereocenters. The molecule has 2 aromatic rings. The Labute approximate surface area is 178 Å². The molecule has 9 heteroatoms. The zero-order valence-corrected chi connectivity index (χ0v) is 18.3. The third kappa shape index (κ3) is 9.71. The van der Waals surface area contributed by atoms with Crippen molar-refractivity contribution in [2.75, 3.05) is 45.3 Å². The summed E-state index contributed by atoms with van der Waals surface area (Å²) in [5.74, 6) is 2.75. The van der Waals surface area contributed by atoms with E-state index in [4.69, 9.17) is 18.7 Å². The first-order valence-electron chi connectivity index (χ1n) is 10.2. The Kier molecular flexibility index (Phi) is 10.7. The fraction of sp³-hybridized carbons (Fsp3) is 0.571.